The topological polar surface area (TPSA) is 46.4 Å². The molecule has 1 N–H and O–H groups in total. The second-order valence-electron chi connectivity index (χ2n) is 5.92. The molecule has 0 unspecified atom stereocenters. The third-order valence-electron chi connectivity index (χ3n) is 4.13. The maximum absolute atomic E-state index is 12.3. The zero-order valence-electron chi connectivity index (χ0n) is 13.9. The highest BCUT2D eigenvalue weighted by atomic mass is 35.5. The van der Waals surface area contributed by atoms with Crippen LogP contribution in [0, 0.1) is 0 Å². The fourth-order valence-electron chi connectivity index (χ4n) is 2.77. The minimum absolute atomic E-state index is 0.0421. The molecule has 4 aromatic rings. The number of imidazole rings is 1. The molecule has 0 spiro atoms. The highest BCUT2D eigenvalue weighted by Crippen LogP contribution is 2.23. The molecule has 0 atom stereocenters. The summed E-state index contributed by atoms with van der Waals surface area (Å²) in [7, 11) is 0. The predicted octanol–water partition coefficient (Wildman–Crippen LogP) is 4.58. The number of amides is 1. The van der Waals surface area contributed by atoms with Crippen LogP contribution in [-0.2, 0) is 17.8 Å². The lowest BCUT2D eigenvalue weighted by molar-refractivity contribution is -0.120. The quantitative estimate of drug-likeness (QED) is 0.550. The third-order valence-corrected chi connectivity index (χ3v) is 5.39. The van der Waals surface area contributed by atoms with Gasteiger partial charge in [0, 0.05) is 34.4 Å². The van der Waals surface area contributed by atoms with E-state index >= 15 is 0 Å². The largest absolute Gasteiger partial charge is 0.352 e. The average molecular weight is 382 g/mol. The zero-order chi connectivity index (χ0) is 17.9. The summed E-state index contributed by atoms with van der Waals surface area (Å²) in [5, 5.41) is 5.57. The Morgan fingerprint density at radius 1 is 1.12 bits per heavy atom. The van der Waals surface area contributed by atoms with Crippen LogP contribution in [0.25, 0.3) is 16.2 Å². The van der Waals surface area contributed by atoms with Crippen molar-refractivity contribution in [1.82, 2.24) is 14.7 Å². The number of thiazole rings is 1. The van der Waals surface area contributed by atoms with Crippen LogP contribution < -0.4 is 5.32 Å². The van der Waals surface area contributed by atoms with Crippen molar-refractivity contribution >= 4 is 33.8 Å². The molecular weight excluding hydrogens is 366 g/mol. The van der Waals surface area contributed by atoms with Crippen LogP contribution in [0.1, 0.15) is 11.3 Å². The van der Waals surface area contributed by atoms with Crippen molar-refractivity contribution in [2.45, 2.75) is 13.0 Å². The number of aromatic nitrogens is 2. The number of nitrogens with zero attached hydrogens (tertiary/aromatic N) is 2. The number of halogens is 1. The van der Waals surface area contributed by atoms with Gasteiger partial charge in [0.05, 0.1) is 12.1 Å². The van der Waals surface area contributed by atoms with Gasteiger partial charge in [0.25, 0.3) is 0 Å². The van der Waals surface area contributed by atoms with Gasteiger partial charge in [0.15, 0.2) is 4.96 Å². The van der Waals surface area contributed by atoms with Crippen molar-refractivity contribution in [2.75, 3.05) is 0 Å². The third kappa shape index (κ3) is 3.49. The lowest BCUT2D eigenvalue weighted by Gasteiger charge is -2.06. The maximum Gasteiger partial charge on any atom is 0.226 e. The summed E-state index contributed by atoms with van der Waals surface area (Å²) in [4.78, 5) is 17.9. The molecule has 2 heterocycles. The van der Waals surface area contributed by atoms with Crippen LogP contribution >= 0.6 is 22.9 Å². The Morgan fingerprint density at radius 2 is 1.88 bits per heavy atom. The highest BCUT2D eigenvalue weighted by molar-refractivity contribution is 7.15. The molecule has 1 amide bonds. The van der Waals surface area contributed by atoms with Gasteiger partial charge < -0.3 is 5.32 Å². The molecule has 0 fully saturated rings. The second kappa shape index (κ2) is 7.32. The van der Waals surface area contributed by atoms with Gasteiger partial charge in [0.1, 0.15) is 0 Å². The Morgan fingerprint density at radius 3 is 2.69 bits per heavy atom. The van der Waals surface area contributed by atoms with E-state index in [2.05, 4.69) is 10.3 Å². The van der Waals surface area contributed by atoms with E-state index in [9.17, 15) is 4.79 Å². The van der Waals surface area contributed by atoms with Crippen LogP contribution in [0.5, 0.6) is 0 Å². The average Bonchev–Trinajstić information content (AvgIpc) is 3.24. The molecule has 0 saturated heterocycles. The molecule has 0 aliphatic carbocycles. The van der Waals surface area contributed by atoms with E-state index in [4.69, 9.17) is 11.6 Å². The van der Waals surface area contributed by atoms with E-state index in [1.54, 1.807) is 0 Å². The van der Waals surface area contributed by atoms with Gasteiger partial charge in [-0.25, -0.2) is 4.98 Å². The van der Waals surface area contributed by atoms with Gasteiger partial charge in [-0.2, -0.15) is 0 Å². The molecule has 4 rings (SSSR count). The number of hydrogen-bond donors (Lipinski definition) is 1. The molecular formula is C20H16ClN3OS. The fourth-order valence-corrected chi connectivity index (χ4v) is 3.84. The van der Waals surface area contributed by atoms with Crippen molar-refractivity contribution in [3.63, 3.8) is 0 Å². The molecule has 2 aromatic heterocycles. The first kappa shape index (κ1) is 16.8. The zero-order valence-corrected chi connectivity index (χ0v) is 15.4. The summed E-state index contributed by atoms with van der Waals surface area (Å²) in [6, 6.07) is 17.5. The second-order valence-corrected chi connectivity index (χ2v) is 7.16. The van der Waals surface area contributed by atoms with E-state index in [-0.39, 0.29) is 5.91 Å². The normalized spacial score (nSPS) is 11.0. The first-order valence-electron chi connectivity index (χ1n) is 8.22. The first-order chi connectivity index (χ1) is 12.7. The number of rotatable bonds is 5. The van der Waals surface area contributed by atoms with Crippen LogP contribution in [0.3, 0.4) is 0 Å². The van der Waals surface area contributed by atoms with Gasteiger partial charge in [0.2, 0.25) is 5.91 Å². The maximum atomic E-state index is 12.3. The van der Waals surface area contributed by atoms with E-state index < -0.39 is 0 Å². The molecule has 4 nitrogen and oxygen atoms in total. The molecule has 130 valence electrons. The molecule has 26 heavy (non-hydrogen) atoms. The number of hydrogen-bond acceptors (Lipinski definition) is 3. The molecule has 0 aliphatic rings. The van der Waals surface area contributed by atoms with Gasteiger partial charge in [-0.1, -0.05) is 60.1 Å². The Hall–Kier alpha value is -2.63. The lowest BCUT2D eigenvalue weighted by Crippen LogP contribution is -2.25. The van der Waals surface area contributed by atoms with Gasteiger partial charge >= 0.3 is 0 Å². The first-order valence-corrected chi connectivity index (χ1v) is 9.47. The molecule has 6 heteroatoms. The Kier molecular flexibility index (Phi) is 4.73. The summed E-state index contributed by atoms with van der Waals surface area (Å²) in [5.74, 6) is -0.0421. The Balaban J connectivity index is 1.48. The van der Waals surface area contributed by atoms with Gasteiger partial charge in [-0.15, -0.1) is 11.3 Å². The SMILES string of the molecule is O=C(Cc1csc2nc(-c3ccccc3)cn12)NCc1ccccc1Cl. The lowest BCUT2D eigenvalue weighted by atomic mass is 10.2. The molecule has 2 aromatic carbocycles. The fraction of sp³-hybridized carbons (Fsp3) is 0.100. The van der Waals surface area contributed by atoms with Gasteiger partial charge in [-0.05, 0) is 11.6 Å². The molecule has 0 aliphatic heterocycles. The Labute approximate surface area is 160 Å². The van der Waals surface area contributed by atoms with Gasteiger partial charge in [-0.3, -0.25) is 9.20 Å². The Bertz CT molecular complexity index is 1060. The number of carbonyl (C=O) groups is 1. The molecule has 0 radical (unpaired) electrons. The van der Waals surface area contributed by atoms with Crippen LogP contribution in [0.4, 0.5) is 0 Å². The molecule has 0 bridgehead atoms. The molecule has 0 saturated carbocycles. The standard InChI is InChI=1S/C20H16ClN3OS/c21-17-9-5-4-8-15(17)11-22-19(25)10-16-13-26-20-23-18(12-24(16)20)14-6-2-1-3-7-14/h1-9,12-13H,10-11H2,(H,22,25). The number of fused-ring (bicyclic) bond motifs is 1. The summed E-state index contributed by atoms with van der Waals surface area (Å²) in [6.45, 7) is 0.422. The smallest absolute Gasteiger partial charge is 0.226 e. The van der Waals surface area contributed by atoms with E-state index in [0.29, 0.717) is 18.0 Å². The minimum Gasteiger partial charge on any atom is -0.352 e. The van der Waals surface area contributed by atoms with Crippen molar-refractivity contribution in [2.24, 2.45) is 0 Å². The van der Waals surface area contributed by atoms with E-state index in [0.717, 1.165) is 27.5 Å². The van der Waals surface area contributed by atoms with E-state index in [1.807, 2.05) is 70.6 Å². The van der Waals surface area contributed by atoms with Crippen LogP contribution in [-0.4, -0.2) is 15.3 Å². The van der Waals surface area contributed by atoms with Crippen molar-refractivity contribution in [1.29, 1.82) is 0 Å². The number of carbonyl (C=O) groups excluding carboxylic acids is 1. The van der Waals surface area contributed by atoms with Crippen molar-refractivity contribution in [3.05, 3.63) is 82.5 Å². The summed E-state index contributed by atoms with van der Waals surface area (Å²) in [6.07, 6.45) is 2.28. The monoisotopic (exact) mass is 381 g/mol. The highest BCUT2D eigenvalue weighted by Gasteiger charge is 2.12. The number of nitrogens with one attached hydrogen (secondary N) is 1. The van der Waals surface area contributed by atoms with E-state index in [1.165, 1.54) is 11.3 Å². The summed E-state index contributed by atoms with van der Waals surface area (Å²) >= 11 is 7.67. The van der Waals surface area contributed by atoms with Crippen molar-refractivity contribution in [3.8, 4) is 11.3 Å². The van der Waals surface area contributed by atoms with Crippen LogP contribution in [0.15, 0.2) is 66.2 Å². The van der Waals surface area contributed by atoms with Crippen LogP contribution in [0.2, 0.25) is 5.02 Å². The summed E-state index contributed by atoms with van der Waals surface area (Å²) < 4.78 is 1.99. The number of benzene rings is 2. The minimum atomic E-state index is -0.0421. The predicted molar refractivity (Wildman–Crippen MR) is 106 cm³/mol. The summed E-state index contributed by atoms with van der Waals surface area (Å²) in [5.41, 5.74) is 3.82. The van der Waals surface area contributed by atoms with Crippen molar-refractivity contribution < 1.29 is 4.79 Å².